The van der Waals surface area contributed by atoms with Crippen molar-refractivity contribution in [1.29, 1.82) is 5.26 Å². The van der Waals surface area contributed by atoms with Crippen molar-refractivity contribution in [2.24, 2.45) is 11.3 Å². The van der Waals surface area contributed by atoms with E-state index in [9.17, 15) is 10.1 Å². The minimum Gasteiger partial charge on any atom is -0.378 e. The summed E-state index contributed by atoms with van der Waals surface area (Å²) in [5.41, 5.74) is -0.749. The van der Waals surface area contributed by atoms with Crippen LogP contribution in [0.3, 0.4) is 0 Å². The van der Waals surface area contributed by atoms with Crippen molar-refractivity contribution in [3.05, 3.63) is 0 Å². The Hall–Kier alpha value is -1.08. The second-order valence-corrected chi connectivity index (χ2v) is 5.58. The van der Waals surface area contributed by atoms with E-state index >= 15 is 0 Å². The summed E-state index contributed by atoms with van der Waals surface area (Å²) in [6.45, 7) is 4.80. The molecule has 0 spiro atoms. The van der Waals surface area contributed by atoms with Gasteiger partial charge in [-0.05, 0) is 38.5 Å². The van der Waals surface area contributed by atoms with Crippen LogP contribution in [0.4, 0.5) is 0 Å². The lowest BCUT2D eigenvalue weighted by Crippen LogP contribution is -2.52. The van der Waals surface area contributed by atoms with Gasteiger partial charge in [0.25, 0.3) is 0 Å². The van der Waals surface area contributed by atoms with E-state index in [1.807, 2.05) is 6.92 Å². The van der Waals surface area contributed by atoms with Gasteiger partial charge in [-0.15, -0.1) is 0 Å². The van der Waals surface area contributed by atoms with Crippen molar-refractivity contribution < 1.29 is 9.53 Å². The van der Waals surface area contributed by atoms with E-state index in [0.717, 1.165) is 12.8 Å². The van der Waals surface area contributed by atoms with Crippen molar-refractivity contribution in [2.45, 2.75) is 51.7 Å². The number of rotatable bonds is 2. The van der Waals surface area contributed by atoms with Crippen LogP contribution >= 0.6 is 0 Å². The summed E-state index contributed by atoms with van der Waals surface area (Å²) >= 11 is 0. The molecule has 2 fully saturated rings. The Bertz CT molecular complexity index is 342. The highest BCUT2D eigenvalue weighted by Crippen LogP contribution is 2.45. The molecule has 0 aromatic rings. The first kappa shape index (κ1) is 12.4. The Labute approximate surface area is 102 Å². The number of ether oxygens (including phenoxy) is 1. The Morgan fingerprint density at radius 2 is 2.18 bits per heavy atom. The molecule has 0 bridgehead atoms. The fourth-order valence-corrected chi connectivity index (χ4v) is 2.91. The quantitative estimate of drug-likeness (QED) is 0.792. The predicted molar refractivity (Wildman–Crippen MR) is 63.0 cm³/mol. The van der Waals surface area contributed by atoms with Crippen LogP contribution < -0.4 is 5.32 Å². The van der Waals surface area contributed by atoms with Gasteiger partial charge < -0.3 is 10.1 Å². The molecule has 2 unspecified atom stereocenters. The molecule has 1 amide bonds. The average Bonchev–Trinajstić information content (AvgIpc) is 2.24. The molecule has 94 valence electrons. The van der Waals surface area contributed by atoms with E-state index in [1.165, 1.54) is 0 Å². The minimum atomic E-state index is -0.749. The molecule has 0 aromatic heterocycles. The number of hydrogen-bond acceptors (Lipinski definition) is 3. The van der Waals surface area contributed by atoms with Crippen LogP contribution in [0.5, 0.6) is 0 Å². The van der Waals surface area contributed by atoms with Gasteiger partial charge in [0.15, 0.2) is 0 Å². The second kappa shape index (κ2) is 4.66. The lowest BCUT2D eigenvalue weighted by molar-refractivity contribution is -0.135. The normalized spacial score (nSPS) is 41.1. The fourth-order valence-electron chi connectivity index (χ4n) is 2.91. The molecule has 1 aliphatic heterocycles. The summed E-state index contributed by atoms with van der Waals surface area (Å²) in [5.74, 6) is 0.422. The number of amides is 1. The van der Waals surface area contributed by atoms with Crippen molar-refractivity contribution in [2.75, 3.05) is 6.61 Å². The first-order valence-corrected chi connectivity index (χ1v) is 6.39. The summed E-state index contributed by atoms with van der Waals surface area (Å²) in [7, 11) is 0. The van der Waals surface area contributed by atoms with E-state index in [0.29, 0.717) is 25.4 Å². The molecule has 4 heteroatoms. The van der Waals surface area contributed by atoms with Gasteiger partial charge in [-0.1, -0.05) is 6.92 Å². The summed E-state index contributed by atoms with van der Waals surface area (Å²) in [6.07, 6.45) is 3.31. The van der Waals surface area contributed by atoms with Gasteiger partial charge in [0.1, 0.15) is 5.41 Å². The summed E-state index contributed by atoms with van der Waals surface area (Å²) in [6, 6.07) is 2.38. The molecule has 1 saturated carbocycles. The van der Waals surface area contributed by atoms with Crippen LogP contribution in [0.2, 0.25) is 0 Å². The number of hydrogen-bond donors (Lipinski definition) is 1. The Kier molecular flexibility index (Phi) is 3.39. The van der Waals surface area contributed by atoms with E-state index in [-0.39, 0.29) is 18.1 Å². The predicted octanol–water partition coefficient (Wildman–Crippen LogP) is 1.61. The Balaban J connectivity index is 1.90. The number of nitrogens with zero attached hydrogens (tertiary/aromatic N) is 1. The van der Waals surface area contributed by atoms with Crippen LogP contribution in [0.15, 0.2) is 0 Å². The average molecular weight is 236 g/mol. The Morgan fingerprint density at radius 3 is 2.71 bits per heavy atom. The molecule has 2 rings (SSSR count). The van der Waals surface area contributed by atoms with Crippen molar-refractivity contribution in [3.8, 4) is 6.07 Å². The molecule has 1 aliphatic carbocycles. The molecule has 1 N–H and O–H groups in total. The molecule has 1 saturated heterocycles. The fraction of sp³-hybridized carbons (Fsp3) is 0.846. The number of carbonyl (C=O) groups is 1. The molecule has 4 nitrogen and oxygen atoms in total. The maximum absolute atomic E-state index is 12.1. The molecule has 0 radical (unpaired) electrons. The standard InChI is InChI=1S/C13H20N2O2/c1-9-6-13(7-9,8-14)12(16)15-11-3-4-17-10(2)5-11/h9-11H,3-7H2,1-2H3,(H,15,16). The number of nitrogens with one attached hydrogen (secondary N) is 1. The maximum Gasteiger partial charge on any atom is 0.240 e. The van der Waals surface area contributed by atoms with Gasteiger partial charge in [-0.3, -0.25) is 4.79 Å². The zero-order valence-corrected chi connectivity index (χ0v) is 10.5. The van der Waals surface area contributed by atoms with Gasteiger partial charge in [0.05, 0.1) is 12.2 Å². The van der Waals surface area contributed by atoms with E-state index in [4.69, 9.17) is 4.74 Å². The molecule has 2 atom stereocenters. The first-order chi connectivity index (χ1) is 8.05. The highest BCUT2D eigenvalue weighted by atomic mass is 16.5. The zero-order valence-electron chi connectivity index (χ0n) is 10.5. The van der Waals surface area contributed by atoms with Gasteiger partial charge in [-0.25, -0.2) is 0 Å². The summed E-state index contributed by atoms with van der Waals surface area (Å²) in [5, 5.41) is 12.2. The van der Waals surface area contributed by atoms with Crippen molar-refractivity contribution >= 4 is 5.91 Å². The van der Waals surface area contributed by atoms with Crippen LogP contribution in [0, 0.1) is 22.7 Å². The third-order valence-corrected chi connectivity index (χ3v) is 3.86. The SMILES string of the molecule is CC1CC(C#N)(C(=O)NC2CCOC(C)C2)C1. The zero-order chi connectivity index (χ0) is 12.5. The maximum atomic E-state index is 12.1. The summed E-state index contributed by atoms with van der Waals surface area (Å²) in [4.78, 5) is 12.1. The second-order valence-electron chi connectivity index (χ2n) is 5.58. The molecule has 2 aliphatic rings. The molecule has 1 heterocycles. The monoisotopic (exact) mass is 236 g/mol. The van der Waals surface area contributed by atoms with Gasteiger partial charge >= 0.3 is 0 Å². The molecular formula is C13H20N2O2. The molecule has 0 aromatic carbocycles. The smallest absolute Gasteiger partial charge is 0.240 e. The number of nitriles is 1. The molecular weight excluding hydrogens is 216 g/mol. The van der Waals surface area contributed by atoms with E-state index in [1.54, 1.807) is 0 Å². The Morgan fingerprint density at radius 1 is 1.47 bits per heavy atom. The van der Waals surface area contributed by atoms with Crippen molar-refractivity contribution in [3.63, 3.8) is 0 Å². The van der Waals surface area contributed by atoms with Crippen LogP contribution in [0.25, 0.3) is 0 Å². The third kappa shape index (κ3) is 2.44. The first-order valence-electron chi connectivity index (χ1n) is 6.39. The van der Waals surface area contributed by atoms with Crippen LogP contribution in [-0.2, 0) is 9.53 Å². The van der Waals surface area contributed by atoms with Gasteiger partial charge in [-0.2, -0.15) is 5.26 Å². The van der Waals surface area contributed by atoms with Gasteiger partial charge in [0, 0.05) is 12.6 Å². The minimum absolute atomic E-state index is 0.0720. The van der Waals surface area contributed by atoms with E-state index < -0.39 is 5.41 Å². The number of carbonyl (C=O) groups excluding carboxylic acids is 1. The highest BCUT2D eigenvalue weighted by Gasteiger charge is 2.49. The van der Waals surface area contributed by atoms with Crippen molar-refractivity contribution in [1.82, 2.24) is 5.32 Å². The molecule has 17 heavy (non-hydrogen) atoms. The largest absolute Gasteiger partial charge is 0.378 e. The van der Waals surface area contributed by atoms with Crippen LogP contribution in [0.1, 0.15) is 39.5 Å². The van der Waals surface area contributed by atoms with Crippen LogP contribution in [-0.4, -0.2) is 24.7 Å². The highest BCUT2D eigenvalue weighted by molar-refractivity contribution is 5.86. The third-order valence-electron chi connectivity index (χ3n) is 3.86. The lowest BCUT2D eigenvalue weighted by Gasteiger charge is -2.40. The topological polar surface area (TPSA) is 62.1 Å². The van der Waals surface area contributed by atoms with E-state index in [2.05, 4.69) is 18.3 Å². The van der Waals surface area contributed by atoms with Gasteiger partial charge in [0.2, 0.25) is 5.91 Å². The summed E-state index contributed by atoms with van der Waals surface area (Å²) < 4.78 is 5.44. The lowest BCUT2D eigenvalue weighted by atomic mass is 9.63.